The number of terminal acetylenes is 1. The first-order valence-corrected chi connectivity index (χ1v) is 12.4. The molecule has 0 bridgehead atoms. The number of aromatic hydroxyl groups is 2. The predicted octanol–water partition coefficient (Wildman–Crippen LogP) is -0.385. The lowest BCUT2D eigenvalue weighted by Gasteiger charge is -2.42. The molecule has 5 rings (SSSR count). The van der Waals surface area contributed by atoms with Crippen molar-refractivity contribution in [3.8, 4) is 29.6 Å². The number of ketones is 3. The molecular formula is C28H27NO11. The summed E-state index contributed by atoms with van der Waals surface area (Å²) in [6.45, 7) is -1.04. The summed E-state index contributed by atoms with van der Waals surface area (Å²) in [7, 11) is 1.31. The fraction of sp³-hybridized carbons (Fsp3) is 0.393. The zero-order valence-corrected chi connectivity index (χ0v) is 21.3. The third-order valence-electron chi connectivity index (χ3n) is 7.73. The number of fused-ring (bicyclic) bond motifs is 3. The lowest BCUT2D eigenvalue weighted by atomic mass is 9.72. The van der Waals surface area contributed by atoms with Crippen molar-refractivity contribution in [2.45, 2.75) is 55.5 Å². The van der Waals surface area contributed by atoms with E-state index in [1.54, 1.807) is 0 Å². The Bertz CT molecular complexity index is 1480. The number of aliphatic hydroxyl groups excluding tert-OH is 2. The summed E-state index contributed by atoms with van der Waals surface area (Å²) in [5.41, 5.74) is 2.14. The largest absolute Gasteiger partial charge is 0.507 e. The van der Waals surface area contributed by atoms with Gasteiger partial charge in [-0.15, -0.1) is 6.42 Å². The topological polar surface area (TPSA) is 206 Å². The van der Waals surface area contributed by atoms with E-state index >= 15 is 0 Å². The summed E-state index contributed by atoms with van der Waals surface area (Å²) in [4.78, 5) is 39.8. The molecule has 0 radical (unpaired) electrons. The highest BCUT2D eigenvalue weighted by Gasteiger charge is 2.50. The molecule has 0 saturated carbocycles. The summed E-state index contributed by atoms with van der Waals surface area (Å²) >= 11 is 0. The van der Waals surface area contributed by atoms with Crippen molar-refractivity contribution in [1.82, 2.24) is 0 Å². The maximum atomic E-state index is 13.7. The number of hydrogen-bond donors (Lipinski definition) is 6. The summed E-state index contributed by atoms with van der Waals surface area (Å²) < 4.78 is 16.9. The van der Waals surface area contributed by atoms with Crippen LogP contribution in [0.2, 0.25) is 0 Å². The van der Waals surface area contributed by atoms with Gasteiger partial charge in [-0.1, -0.05) is 18.1 Å². The Labute approximate surface area is 227 Å². The molecule has 2 aliphatic carbocycles. The molecule has 12 heteroatoms. The average Bonchev–Trinajstić information content (AvgIpc) is 2.94. The number of phenols is 2. The Morgan fingerprint density at radius 3 is 2.55 bits per heavy atom. The van der Waals surface area contributed by atoms with Crippen LogP contribution in [0.5, 0.6) is 17.2 Å². The monoisotopic (exact) mass is 553 g/mol. The van der Waals surface area contributed by atoms with Crippen LogP contribution in [0.25, 0.3) is 0 Å². The molecule has 0 aromatic heterocycles. The minimum Gasteiger partial charge on any atom is -0.507 e. The van der Waals surface area contributed by atoms with Crippen LogP contribution in [-0.4, -0.2) is 86.7 Å². The highest BCUT2D eigenvalue weighted by Crippen LogP contribution is 2.52. The fourth-order valence-corrected chi connectivity index (χ4v) is 5.69. The number of benzene rings is 2. The molecule has 1 aliphatic heterocycles. The van der Waals surface area contributed by atoms with Crippen LogP contribution in [0.15, 0.2) is 18.2 Å². The van der Waals surface area contributed by atoms with E-state index in [4.69, 9.17) is 26.4 Å². The van der Waals surface area contributed by atoms with Gasteiger partial charge in [0.25, 0.3) is 0 Å². The van der Waals surface area contributed by atoms with Crippen LogP contribution >= 0.6 is 0 Å². The second-order valence-corrected chi connectivity index (χ2v) is 10.0. The smallest absolute Gasteiger partial charge is 0.202 e. The van der Waals surface area contributed by atoms with E-state index in [1.165, 1.54) is 25.3 Å². The molecule has 1 heterocycles. The van der Waals surface area contributed by atoms with Crippen LogP contribution < -0.4 is 10.5 Å². The molecule has 0 spiro atoms. The quantitative estimate of drug-likeness (QED) is 0.177. The molecule has 2 aromatic rings. The van der Waals surface area contributed by atoms with E-state index in [0.717, 1.165) is 0 Å². The van der Waals surface area contributed by atoms with E-state index in [2.05, 4.69) is 5.92 Å². The molecule has 2 aromatic carbocycles. The average molecular weight is 554 g/mol. The zero-order valence-electron chi connectivity index (χ0n) is 21.3. The molecule has 6 atom stereocenters. The van der Waals surface area contributed by atoms with E-state index in [0.29, 0.717) is 0 Å². The van der Waals surface area contributed by atoms with Gasteiger partial charge in [-0.2, -0.15) is 0 Å². The number of rotatable bonds is 5. The number of hydrogen-bond acceptors (Lipinski definition) is 12. The third-order valence-corrected chi connectivity index (χ3v) is 7.73. The second-order valence-electron chi connectivity index (χ2n) is 10.0. The van der Waals surface area contributed by atoms with Gasteiger partial charge in [0.05, 0.1) is 29.9 Å². The van der Waals surface area contributed by atoms with Gasteiger partial charge < -0.3 is 45.5 Å². The van der Waals surface area contributed by atoms with Crippen molar-refractivity contribution in [2.75, 3.05) is 13.7 Å². The molecule has 210 valence electrons. The van der Waals surface area contributed by atoms with Crippen molar-refractivity contribution in [1.29, 1.82) is 0 Å². The lowest BCUT2D eigenvalue weighted by Crippen LogP contribution is -2.53. The SMILES string of the molecule is C#C[C@@H]1O[C@@H](O[C@H]2C[C@](O)(C(=O)CO)Cc3c(O)c4c(c(O)c32)C(=O)c2c(OC)cccc2C4=O)C[C@H](N)[C@@H]1O. The first-order valence-electron chi connectivity index (χ1n) is 12.4. The number of nitrogens with two attached hydrogens (primary N) is 1. The Morgan fingerprint density at radius 1 is 1.20 bits per heavy atom. The van der Waals surface area contributed by atoms with Crippen molar-refractivity contribution >= 4 is 17.3 Å². The summed E-state index contributed by atoms with van der Waals surface area (Å²) in [5.74, 6) is -1.68. The van der Waals surface area contributed by atoms with Gasteiger partial charge in [0.1, 0.15) is 41.7 Å². The summed E-state index contributed by atoms with van der Waals surface area (Å²) in [6, 6.07) is 3.46. The van der Waals surface area contributed by atoms with Gasteiger partial charge in [0.2, 0.25) is 5.78 Å². The van der Waals surface area contributed by atoms with E-state index in [9.17, 15) is 39.9 Å². The van der Waals surface area contributed by atoms with Crippen molar-refractivity contribution in [2.24, 2.45) is 5.73 Å². The summed E-state index contributed by atoms with van der Waals surface area (Å²) in [5, 5.41) is 53.8. The number of Topliss-reactive ketones (excluding diaryl/α,β-unsaturated/α-hetero) is 1. The molecule has 0 unspecified atom stereocenters. The second kappa shape index (κ2) is 9.97. The van der Waals surface area contributed by atoms with Gasteiger partial charge >= 0.3 is 0 Å². The minimum absolute atomic E-state index is 0.0692. The van der Waals surface area contributed by atoms with E-state index < -0.39 is 95.7 Å². The number of carbonyl (C=O) groups excluding carboxylic acids is 3. The first-order chi connectivity index (χ1) is 19.0. The molecule has 3 aliphatic rings. The molecular weight excluding hydrogens is 526 g/mol. The number of phenolic OH excluding ortho intramolecular Hbond substituents is 2. The first kappa shape index (κ1) is 27.7. The van der Waals surface area contributed by atoms with Crippen LogP contribution in [-0.2, 0) is 20.7 Å². The predicted molar refractivity (Wildman–Crippen MR) is 135 cm³/mol. The minimum atomic E-state index is -2.28. The molecule has 12 nitrogen and oxygen atoms in total. The van der Waals surface area contributed by atoms with Gasteiger partial charge in [-0.05, 0) is 6.07 Å². The maximum Gasteiger partial charge on any atom is 0.202 e. The van der Waals surface area contributed by atoms with Crippen molar-refractivity contribution < 1.29 is 54.1 Å². The Kier molecular flexibility index (Phi) is 6.91. The number of methoxy groups -OCH3 is 1. The number of ether oxygens (including phenoxy) is 3. The van der Waals surface area contributed by atoms with Crippen molar-refractivity contribution in [3.05, 3.63) is 51.6 Å². The maximum absolute atomic E-state index is 13.7. The lowest BCUT2D eigenvalue weighted by molar-refractivity contribution is -0.239. The molecule has 0 amide bonds. The Balaban J connectivity index is 1.68. The highest BCUT2D eigenvalue weighted by molar-refractivity contribution is 6.31. The van der Waals surface area contributed by atoms with Gasteiger partial charge in [0, 0.05) is 42.0 Å². The zero-order chi connectivity index (χ0) is 29.1. The van der Waals surface area contributed by atoms with Crippen LogP contribution in [0.1, 0.15) is 61.9 Å². The summed E-state index contributed by atoms with van der Waals surface area (Å²) in [6.07, 6.45) is -0.714. The molecule has 7 N–H and O–H groups in total. The fourth-order valence-electron chi connectivity index (χ4n) is 5.69. The molecule has 1 saturated heterocycles. The molecule has 1 fully saturated rings. The van der Waals surface area contributed by atoms with E-state index in [1.807, 2.05) is 0 Å². The van der Waals surface area contributed by atoms with Gasteiger partial charge in [-0.3, -0.25) is 14.4 Å². The molecule has 40 heavy (non-hydrogen) atoms. The standard InChI is InChI=1S/C28H27NO11/c1-3-14-25(34)13(29)7-18(39-14)40-16-9-28(37,17(31)10-30)8-12-20(16)27(36)22-21(24(12)33)23(32)11-5-4-6-15(38-2)19(11)26(22)35/h1,4-6,13-14,16,18,25,30,33-34,36-37H,7-10,29H2,2H3/t13-,14-,16-,18-,25-,28-/m0/s1. The van der Waals surface area contributed by atoms with Crippen LogP contribution in [0, 0.1) is 12.3 Å². The Hall–Kier alpha value is -3.83. The van der Waals surface area contributed by atoms with E-state index in [-0.39, 0.29) is 34.4 Å². The third kappa shape index (κ3) is 4.06. The number of aliphatic hydroxyl groups is 3. The number of carbonyl (C=O) groups is 3. The van der Waals surface area contributed by atoms with Crippen LogP contribution in [0.3, 0.4) is 0 Å². The van der Waals surface area contributed by atoms with Gasteiger partial charge in [0.15, 0.2) is 17.9 Å². The highest BCUT2D eigenvalue weighted by atomic mass is 16.7. The Morgan fingerprint density at radius 2 is 1.90 bits per heavy atom. The van der Waals surface area contributed by atoms with Crippen LogP contribution in [0.4, 0.5) is 0 Å². The van der Waals surface area contributed by atoms with Crippen molar-refractivity contribution in [3.63, 3.8) is 0 Å². The van der Waals surface area contributed by atoms with Gasteiger partial charge in [-0.25, -0.2) is 0 Å². The normalized spacial score (nSPS) is 29.1.